The van der Waals surface area contributed by atoms with Crippen LogP contribution in [-0.4, -0.2) is 6.36 Å². The van der Waals surface area contributed by atoms with Crippen LogP contribution in [0.25, 0.3) is 0 Å². The predicted molar refractivity (Wildman–Crippen MR) is 47.0 cm³/mol. The molecule has 0 aliphatic carbocycles. The molecule has 1 rings (SSSR count). The Morgan fingerprint density at radius 3 is 2.53 bits per heavy atom. The van der Waals surface area contributed by atoms with E-state index in [1.807, 2.05) is 0 Å². The molecule has 0 N–H and O–H groups in total. The molecule has 0 aromatic heterocycles. The van der Waals surface area contributed by atoms with Crippen molar-refractivity contribution in [3.05, 3.63) is 42.2 Å². The van der Waals surface area contributed by atoms with Gasteiger partial charge in [-0.05, 0) is 30.2 Å². The van der Waals surface area contributed by atoms with Crippen LogP contribution in [0.4, 0.5) is 17.6 Å². The van der Waals surface area contributed by atoms with Gasteiger partial charge in [0.2, 0.25) is 0 Å². The smallest absolute Gasteiger partial charge is 0.406 e. The highest BCUT2D eigenvalue weighted by molar-refractivity contribution is 5.31. The van der Waals surface area contributed by atoms with Gasteiger partial charge in [0.15, 0.2) is 0 Å². The first-order valence-electron chi connectivity index (χ1n) is 4.07. The summed E-state index contributed by atoms with van der Waals surface area (Å²) < 4.78 is 52.1. The molecule has 0 aliphatic heterocycles. The predicted octanol–water partition coefficient (Wildman–Crippen LogP) is 3.45. The van der Waals surface area contributed by atoms with Crippen molar-refractivity contribution in [2.75, 3.05) is 0 Å². The minimum atomic E-state index is -4.76. The van der Waals surface area contributed by atoms with Gasteiger partial charge in [0.05, 0.1) is 0 Å². The topological polar surface area (TPSA) is 9.23 Å². The minimum absolute atomic E-state index is 0.117. The molecule has 0 atom stereocenters. The van der Waals surface area contributed by atoms with Crippen molar-refractivity contribution in [1.29, 1.82) is 0 Å². The maximum absolute atomic E-state index is 13.0. The number of halogens is 4. The highest BCUT2D eigenvalue weighted by atomic mass is 19.4. The van der Waals surface area contributed by atoms with E-state index in [9.17, 15) is 17.6 Å². The highest BCUT2D eigenvalue weighted by Crippen LogP contribution is 2.24. The molecule has 0 fully saturated rings. The van der Waals surface area contributed by atoms with Crippen LogP contribution in [0.5, 0.6) is 5.75 Å². The molecule has 0 spiro atoms. The Balaban J connectivity index is 2.92. The standard InChI is InChI=1S/C10H8F4O/c1-2-3-7-6-8(4-5-9(7)11)15-10(12,13)14/h2,4-6H,1,3H2. The van der Waals surface area contributed by atoms with Gasteiger partial charge in [-0.2, -0.15) is 0 Å². The second-order valence-electron chi connectivity index (χ2n) is 2.79. The van der Waals surface area contributed by atoms with E-state index in [0.717, 1.165) is 18.2 Å². The van der Waals surface area contributed by atoms with Crippen LogP contribution < -0.4 is 4.74 Å². The second kappa shape index (κ2) is 4.33. The first kappa shape index (κ1) is 11.6. The van der Waals surface area contributed by atoms with Gasteiger partial charge in [0, 0.05) is 0 Å². The summed E-state index contributed by atoms with van der Waals surface area (Å²) in [5.41, 5.74) is 0.117. The van der Waals surface area contributed by atoms with Crippen LogP contribution in [-0.2, 0) is 6.42 Å². The third-order valence-corrected chi connectivity index (χ3v) is 1.62. The normalized spacial score (nSPS) is 11.2. The van der Waals surface area contributed by atoms with E-state index in [0.29, 0.717) is 0 Å². The molecule has 0 saturated carbocycles. The van der Waals surface area contributed by atoms with Crippen molar-refractivity contribution in [2.24, 2.45) is 0 Å². The fraction of sp³-hybridized carbons (Fsp3) is 0.200. The van der Waals surface area contributed by atoms with E-state index in [2.05, 4.69) is 11.3 Å². The summed E-state index contributed by atoms with van der Waals surface area (Å²) in [6.07, 6.45) is -3.21. The lowest BCUT2D eigenvalue weighted by atomic mass is 10.1. The number of allylic oxidation sites excluding steroid dienone is 1. The van der Waals surface area contributed by atoms with Gasteiger partial charge >= 0.3 is 6.36 Å². The molecule has 0 heterocycles. The molecule has 15 heavy (non-hydrogen) atoms. The molecule has 82 valence electrons. The van der Waals surface area contributed by atoms with Crippen LogP contribution in [0, 0.1) is 5.82 Å². The molecule has 0 amide bonds. The Labute approximate surface area is 84.0 Å². The number of rotatable bonds is 3. The lowest BCUT2D eigenvalue weighted by Gasteiger charge is -2.09. The lowest BCUT2D eigenvalue weighted by Crippen LogP contribution is -2.17. The van der Waals surface area contributed by atoms with Crippen molar-refractivity contribution in [3.8, 4) is 5.75 Å². The average molecular weight is 220 g/mol. The molecule has 0 saturated heterocycles. The van der Waals surface area contributed by atoms with Crippen molar-refractivity contribution in [2.45, 2.75) is 12.8 Å². The van der Waals surface area contributed by atoms with E-state index < -0.39 is 17.9 Å². The Morgan fingerprint density at radius 2 is 2.00 bits per heavy atom. The number of hydrogen-bond acceptors (Lipinski definition) is 1. The van der Waals surface area contributed by atoms with E-state index in [4.69, 9.17) is 0 Å². The van der Waals surface area contributed by atoms with Crippen LogP contribution >= 0.6 is 0 Å². The number of ether oxygens (including phenoxy) is 1. The van der Waals surface area contributed by atoms with E-state index in [1.54, 1.807) is 0 Å². The van der Waals surface area contributed by atoms with Crippen LogP contribution in [0.1, 0.15) is 5.56 Å². The van der Waals surface area contributed by atoms with Gasteiger partial charge in [0.25, 0.3) is 0 Å². The zero-order valence-electron chi connectivity index (χ0n) is 7.64. The van der Waals surface area contributed by atoms with Gasteiger partial charge in [-0.15, -0.1) is 19.8 Å². The molecular weight excluding hydrogens is 212 g/mol. The number of alkyl halides is 3. The minimum Gasteiger partial charge on any atom is -0.406 e. The maximum Gasteiger partial charge on any atom is 0.573 e. The van der Waals surface area contributed by atoms with Gasteiger partial charge < -0.3 is 4.74 Å². The quantitative estimate of drug-likeness (QED) is 0.560. The third-order valence-electron chi connectivity index (χ3n) is 1.62. The second-order valence-corrected chi connectivity index (χ2v) is 2.79. The molecule has 0 aliphatic rings. The number of benzene rings is 1. The third kappa shape index (κ3) is 3.61. The Morgan fingerprint density at radius 1 is 1.33 bits per heavy atom. The molecule has 0 bridgehead atoms. The van der Waals surface area contributed by atoms with Gasteiger partial charge in [-0.1, -0.05) is 6.08 Å². The molecule has 5 heteroatoms. The number of hydrogen-bond donors (Lipinski definition) is 0. The summed E-state index contributed by atoms with van der Waals surface area (Å²) in [4.78, 5) is 0. The van der Waals surface area contributed by atoms with Gasteiger partial charge in [0.1, 0.15) is 11.6 Å². The lowest BCUT2D eigenvalue weighted by molar-refractivity contribution is -0.274. The average Bonchev–Trinajstić information content (AvgIpc) is 2.09. The molecule has 1 nitrogen and oxygen atoms in total. The summed E-state index contributed by atoms with van der Waals surface area (Å²) in [5.74, 6) is -1.01. The summed E-state index contributed by atoms with van der Waals surface area (Å²) in [7, 11) is 0. The van der Waals surface area contributed by atoms with Crippen LogP contribution in [0.15, 0.2) is 30.9 Å². The SMILES string of the molecule is C=CCc1cc(OC(F)(F)F)ccc1F. The van der Waals surface area contributed by atoms with Crippen molar-refractivity contribution >= 4 is 0 Å². The van der Waals surface area contributed by atoms with Crippen LogP contribution in [0.2, 0.25) is 0 Å². The van der Waals surface area contributed by atoms with Crippen molar-refractivity contribution in [1.82, 2.24) is 0 Å². The van der Waals surface area contributed by atoms with E-state index in [-0.39, 0.29) is 12.0 Å². The highest BCUT2D eigenvalue weighted by Gasteiger charge is 2.31. The summed E-state index contributed by atoms with van der Waals surface area (Å²) in [6.45, 7) is 3.37. The Bertz CT molecular complexity index is 357. The van der Waals surface area contributed by atoms with Gasteiger partial charge in [-0.25, -0.2) is 4.39 Å². The fourth-order valence-electron chi connectivity index (χ4n) is 1.06. The Hall–Kier alpha value is -1.52. The molecule has 1 aromatic rings. The van der Waals surface area contributed by atoms with Gasteiger partial charge in [-0.3, -0.25) is 0 Å². The molecule has 0 radical (unpaired) electrons. The fourth-order valence-corrected chi connectivity index (χ4v) is 1.06. The van der Waals surface area contributed by atoms with Crippen molar-refractivity contribution < 1.29 is 22.3 Å². The summed E-state index contributed by atoms with van der Waals surface area (Å²) >= 11 is 0. The zero-order chi connectivity index (χ0) is 11.5. The van der Waals surface area contributed by atoms with Crippen LogP contribution in [0.3, 0.4) is 0 Å². The summed E-state index contributed by atoms with van der Waals surface area (Å²) in [6, 6.07) is 2.86. The molecule has 0 unspecified atom stereocenters. The molecule has 1 aromatic carbocycles. The van der Waals surface area contributed by atoms with E-state index in [1.165, 1.54) is 6.08 Å². The molecular formula is C10H8F4O. The first-order chi connectivity index (χ1) is 6.92. The largest absolute Gasteiger partial charge is 0.573 e. The monoisotopic (exact) mass is 220 g/mol. The first-order valence-corrected chi connectivity index (χ1v) is 4.07. The Kier molecular flexibility index (Phi) is 3.34. The van der Waals surface area contributed by atoms with Crippen molar-refractivity contribution in [3.63, 3.8) is 0 Å². The maximum atomic E-state index is 13.0. The van der Waals surface area contributed by atoms with E-state index >= 15 is 0 Å². The zero-order valence-corrected chi connectivity index (χ0v) is 7.64. The summed E-state index contributed by atoms with van der Waals surface area (Å²) in [5, 5.41) is 0.